The van der Waals surface area contributed by atoms with E-state index in [2.05, 4.69) is 11.9 Å². The average Bonchev–Trinajstić information content (AvgIpc) is 2.91. The van der Waals surface area contributed by atoms with Crippen molar-refractivity contribution in [2.24, 2.45) is 0 Å². The molecule has 2 heterocycles. The monoisotopic (exact) mass is 413 g/mol. The van der Waals surface area contributed by atoms with Gasteiger partial charge in [0, 0.05) is 29.1 Å². The molecule has 4 rings (SSSR count). The molecule has 3 atom stereocenters. The molecule has 0 aromatic heterocycles. The molecule has 2 aliphatic rings. The number of hydrogen-bond acceptors (Lipinski definition) is 4. The number of nitrogens with zero attached hydrogens (tertiary/aromatic N) is 1. The molecule has 0 saturated carbocycles. The van der Waals surface area contributed by atoms with Crippen molar-refractivity contribution in [2.75, 3.05) is 7.05 Å². The summed E-state index contributed by atoms with van der Waals surface area (Å²) in [5.74, 6) is -0.432. The molecule has 154 valence electrons. The van der Waals surface area contributed by atoms with E-state index in [1.54, 1.807) is 12.1 Å². The largest absolute Gasteiger partial charge is 0.508 e. The van der Waals surface area contributed by atoms with Crippen LogP contribution in [0, 0.1) is 0 Å². The molecule has 2 saturated heterocycles. The number of halogens is 1. The Morgan fingerprint density at radius 2 is 1.83 bits per heavy atom. The highest BCUT2D eigenvalue weighted by atomic mass is 35.5. The molecule has 29 heavy (non-hydrogen) atoms. The van der Waals surface area contributed by atoms with Crippen LogP contribution < -0.4 is 0 Å². The number of carbonyl (C=O) groups is 1. The first-order valence-electron chi connectivity index (χ1n) is 10.4. The fourth-order valence-electron chi connectivity index (χ4n) is 4.85. The summed E-state index contributed by atoms with van der Waals surface area (Å²) in [4.78, 5) is 15.4. The highest BCUT2D eigenvalue weighted by Crippen LogP contribution is 2.37. The van der Waals surface area contributed by atoms with Crippen molar-refractivity contribution >= 4 is 17.6 Å². The number of phenolic OH excluding ortho intramolecular Hbond substituents is 1. The minimum Gasteiger partial charge on any atom is -0.508 e. The fourth-order valence-corrected chi connectivity index (χ4v) is 4.97. The third-order valence-electron chi connectivity index (χ3n) is 6.64. The number of ether oxygens (including phenoxy) is 1. The van der Waals surface area contributed by atoms with Crippen molar-refractivity contribution in [3.05, 3.63) is 64.2 Å². The molecule has 1 N–H and O–H groups in total. The van der Waals surface area contributed by atoms with Crippen LogP contribution in [0.3, 0.4) is 0 Å². The lowest BCUT2D eigenvalue weighted by atomic mass is 9.91. The summed E-state index contributed by atoms with van der Waals surface area (Å²) in [6.45, 7) is 1.87. The molecule has 2 aliphatic heterocycles. The van der Waals surface area contributed by atoms with E-state index in [9.17, 15) is 9.90 Å². The van der Waals surface area contributed by atoms with Crippen LogP contribution >= 0.6 is 11.6 Å². The summed E-state index contributed by atoms with van der Waals surface area (Å²) in [6.07, 6.45) is 4.77. The summed E-state index contributed by atoms with van der Waals surface area (Å²) < 4.78 is 5.93. The molecule has 2 bridgehead atoms. The third-order valence-corrected chi connectivity index (χ3v) is 6.89. The minimum absolute atomic E-state index is 0.00401. The van der Waals surface area contributed by atoms with Crippen LogP contribution in [0.15, 0.2) is 42.5 Å². The number of carbonyl (C=O) groups excluding carboxylic acids is 1. The van der Waals surface area contributed by atoms with E-state index in [0.717, 1.165) is 29.5 Å². The Morgan fingerprint density at radius 3 is 2.48 bits per heavy atom. The lowest BCUT2D eigenvalue weighted by molar-refractivity contribution is -0.153. The number of piperidine rings is 1. The lowest BCUT2D eigenvalue weighted by Crippen LogP contribution is -2.43. The summed E-state index contributed by atoms with van der Waals surface area (Å²) in [6, 6.07) is 14.0. The Kier molecular flexibility index (Phi) is 5.84. The standard InChI is InChI=1S/C24H28ClNO3/c1-15(24(28)29-20-13-18-10-11-19(14-20)26(18)2)21-4-3-5-23(27)22(21)12-16-6-8-17(25)9-7-16/h3-9,15,18-20,27H,10-14H2,1-2H3. The number of hydrogen-bond donors (Lipinski definition) is 1. The maximum Gasteiger partial charge on any atom is 0.313 e. The van der Waals surface area contributed by atoms with Crippen LogP contribution in [0.25, 0.3) is 0 Å². The van der Waals surface area contributed by atoms with E-state index in [0.29, 0.717) is 23.5 Å². The van der Waals surface area contributed by atoms with Gasteiger partial charge in [0.05, 0.1) is 5.92 Å². The van der Waals surface area contributed by atoms with Crippen LogP contribution in [-0.2, 0) is 16.0 Å². The first-order chi connectivity index (χ1) is 13.9. The minimum atomic E-state index is -0.429. The van der Waals surface area contributed by atoms with E-state index in [4.69, 9.17) is 16.3 Å². The van der Waals surface area contributed by atoms with Gasteiger partial charge in [-0.25, -0.2) is 0 Å². The second kappa shape index (κ2) is 8.37. The number of benzene rings is 2. The highest BCUT2D eigenvalue weighted by molar-refractivity contribution is 6.30. The zero-order chi connectivity index (χ0) is 20.5. The van der Waals surface area contributed by atoms with Gasteiger partial charge in [0.2, 0.25) is 0 Å². The van der Waals surface area contributed by atoms with E-state index in [-0.39, 0.29) is 17.8 Å². The molecule has 0 aliphatic carbocycles. The normalized spacial score (nSPS) is 25.0. The smallest absolute Gasteiger partial charge is 0.313 e. The van der Waals surface area contributed by atoms with Gasteiger partial charge in [-0.3, -0.25) is 4.79 Å². The molecular formula is C24H28ClNO3. The summed E-state index contributed by atoms with van der Waals surface area (Å²) >= 11 is 5.98. The number of phenols is 1. The third kappa shape index (κ3) is 4.29. The first-order valence-corrected chi connectivity index (χ1v) is 10.8. The predicted molar refractivity (Wildman–Crippen MR) is 114 cm³/mol. The SMILES string of the molecule is CC(C(=O)OC1CC2CCC(C1)N2C)c1cccc(O)c1Cc1ccc(Cl)cc1. The number of aromatic hydroxyl groups is 1. The van der Waals surface area contributed by atoms with Gasteiger partial charge in [-0.15, -0.1) is 0 Å². The van der Waals surface area contributed by atoms with Gasteiger partial charge in [-0.05, 0) is 69.0 Å². The lowest BCUT2D eigenvalue weighted by Gasteiger charge is -2.36. The first kappa shape index (κ1) is 20.2. The van der Waals surface area contributed by atoms with Crippen LogP contribution in [0.4, 0.5) is 0 Å². The number of esters is 1. The second-order valence-corrected chi connectivity index (χ2v) is 8.89. The van der Waals surface area contributed by atoms with Gasteiger partial charge in [-0.2, -0.15) is 0 Å². The molecule has 2 aromatic rings. The molecule has 4 nitrogen and oxygen atoms in total. The molecule has 0 spiro atoms. The van der Waals surface area contributed by atoms with Gasteiger partial charge >= 0.3 is 5.97 Å². The van der Waals surface area contributed by atoms with E-state index < -0.39 is 5.92 Å². The van der Waals surface area contributed by atoms with Crippen molar-refractivity contribution < 1.29 is 14.6 Å². The molecule has 5 heteroatoms. The van der Waals surface area contributed by atoms with Crippen molar-refractivity contribution in [1.82, 2.24) is 4.90 Å². The summed E-state index contributed by atoms with van der Waals surface area (Å²) in [5.41, 5.74) is 2.62. The van der Waals surface area contributed by atoms with E-state index in [1.165, 1.54) is 12.8 Å². The summed E-state index contributed by atoms with van der Waals surface area (Å²) in [5, 5.41) is 11.2. The van der Waals surface area contributed by atoms with Crippen LogP contribution in [0.5, 0.6) is 5.75 Å². The fraction of sp³-hybridized carbons (Fsp3) is 0.458. The van der Waals surface area contributed by atoms with Crippen molar-refractivity contribution in [1.29, 1.82) is 0 Å². The van der Waals surface area contributed by atoms with Crippen LogP contribution in [0.1, 0.15) is 55.2 Å². The Labute approximate surface area is 177 Å². The predicted octanol–water partition coefficient (Wildman–Crippen LogP) is 4.91. The van der Waals surface area contributed by atoms with E-state index in [1.807, 2.05) is 37.3 Å². The number of fused-ring (bicyclic) bond motifs is 2. The van der Waals surface area contributed by atoms with Crippen molar-refractivity contribution in [3.8, 4) is 5.75 Å². The zero-order valence-corrected chi connectivity index (χ0v) is 17.7. The Bertz CT molecular complexity index is 868. The Hall–Kier alpha value is -2.04. The molecule has 2 aromatic carbocycles. The molecule has 0 radical (unpaired) electrons. The van der Waals surface area contributed by atoms with Gasteiger partial charge in [0.1, 0.15) is 11.9 Å². The maximum absolute atomic E-state index is 13.0. The highest BCUT2D eigenvalue weighted by Gasteiger charge is 2.40. The zero-order valence-electron chi connectivity index (χ0n) is 17.0. The molecule has 3 unspecified atom stereocenters. The van der Waals surface area contributed by atoms with Gasteiger partial charge < -0.3 is 14.7 Å². The van der Waals surface area contributed by atoms with E-state index >= 15 is 0 Å². The Balaban J connectivity index is 1.49. The van der Waals surface area contributed by atoms with Crippen LogP contribution in [-0.4, -0.2) is 41.2 Å². The van der Waals surface area contributed by atoms with Crippen LogP contribution in [0.2, 0.25) is 5.02 Å². The molecule has 0 amide bonds. The van der Waals surface area contributed by atoms with Crippen molar-refractivity contribution in [2.45, 2.75) is 63.1 Å². The maximum atomic E-state index is 13.0. The topological polar surface area (TPSA) is 49.8 Å². The second-order valence-electron chi connectivity index (χ2n) is 8.45. The van der Waals surface area contributed by atoms with Gasteiger partial charge in [-0.1, -0.05) is 35.9 Å². The quantitative estimate of drug-likeness (QED) is 0.707. The van der Waals surface area contributed by atoms with Gasteiger partial charge in [0.25, 0.3) is 0 Å². The average molecular weight is 414 g/mol. The Morgan fingerprint density at radius 1 is 1.17 bits per heavy atom. The summed E-state index contributed by atoms with van der Waals surface area (Å²) in [7, 11) is 2.18. The number of rotatable bonds is 5. The van der Waals surface area contributed by atoms with Crippen molar-refractivity contribution in [3.63, 3.8) is 0 Å². The molecule has 2 fully saturated rings. The molecular weight excluding hydrogens is 386 g/mol. The van der Waals surface area contributed by atoms with Gasteiger partial charge in [0.15, 0.2) is 0 Å².